The van der Waals surface area contributed by atoms with Gasteiger partial charge in [0.1, 0.15) is 0 Å². The van der Waals surface area contributed by atoms with E-state index in [0.29, 0.717) is 0 Å². The Morgan fingerprint density at radius 1 is 1.31 bits per heavy atom. The van der Waals surface area contributed by atoms with Gasteiger partial charge in [-0.2, -0.15) is 11.8 Å². The Balaban J connectivity index is 1.58. The number of thioether (sulfide) groups is 2. The third-order valence-electron chi connectivity index (χ3n) is 2.71. The first-order chi connectivity index (χ1) is 7.95. The van der Waals surface area contributed by atoms with Crippen LogP contribution in [0, 0.1) is 0 Å². The van der Waals surface area contributed by atoms with Crippen molar-refractivity contribution in [3.63, 3.8) is 0 Å². The monoisotopic (exact) mass is 253 g/mol. The predicted molar refractivity (Wildman–Crippen MR) is 75.5 cm³/mol. The molecule has 16 heavy (non-hydrogen) atoms. The summed E-state index contributed by atoms with van der Waals surface area (Å²) in [5, 5.41) is 3.65. The summed E-state index contributed by atoms with van der Waals surface area (Å²) in [5.74, 6) is 3.83. The molecular formula is C13H19NS2. The van der Waals surface area contributed by atoms with Gasteiger partial charge in [0.05, 0.1) is 0 Å². The topological polar surface area (TPSA) is 12.0 Å². The van der Waals surface area contributed by atoms with Crippen LogP contribution in [0.4, 0.5) is 0 Å². The molecule has 1 aromatic carbocycles. The highest BCUT2D eigenvalue weighted by atomic mass is 32.2. The van der Waals surface area contributed by atoms with Gasteiger partial charge in [0, 0.05) is 29.0 Å². The van der Waals surface area contributed by atoms with Gasteiger partial charge in [0.15, 0.2) is 0 Å². The van der Waals surface area contributed by atoms with Crippen LogP contribution >= 0.6 is 23.5 Å². The molecule has 2 rings (SSSR count). The summed E-state index contributed by atoms with van der Waals surface area (Å²) in [6, 6.07) is 11.4. The zero-order valence-electron chi connectivity index (χ0n) is 9.52. The molecular weight excluding hydrogens is 234 g/mol. The maximum absolute atomic E-state index is 3.65. The molecule has 1 nitrogen and oxygen atoms in total. The summed E-state index contributed by atoms with van der Waals surface area (Å²) in [6.07, 6.45) is 2.75. The Morgan fingerprint density at radius 2 is 2.19 bits per heavy atom. The van der Waals surface area contributed by atoms with Crippen LogP contribution in [-0.4, -0.2) is 29.8 Å². The maximum atomic E-state index is 3.65. The molecule has 1 aliphatic heterocycles. The Bertz CT molecular complexity index is 283. The molecule has 88 valence electrons. The molecule has 1 aliphatic rings. The summed E-state index contributed by atoms with van der Waals surface area (Å²) in [7, 11) is 0. The number of rotatable bonds is 5. The molecule has 1 saturated heterocycles. The van der Waals surface area contributed by atoms with Crippen molar-refractivity contribution < 1.29 is 0 Å². The summed E-state index contributed by atoms with van der Waals surface area (Å²) in [6.45, 7) is 1.13. The Hall–Kier alpha value is -0.120. The van der Waals surface area contributed by atoms with Gasteiger partial charge in [-0.1, -0.05) is 18.2 Å². The van der Waals surface area contributed by atoms with Crippen molar-refractivity contribution in [2.45, 2.75) is 23.8 Å². The quantitative estimate of drug-likeness (QED) is 0.639. The Morgan fingerprint density at radius 3 is 2.94 bits per heavy atom. The first-order valence-electron chi connectivity index (χ1n) is 5.94. The minimum Gasteiger partial charge on any atom is -0.312 e. The molecule has 1 unspecified atom stereocenters. The lowest BCUT2D eigenvalue weighted by molar-refractivity contribution is 0.525. The van der Waals surface area contributed by atoms with E-state index in [1.165, 1.54) is 35.0 Å². The van der Waals surface area contributed by atoms with Crippen molar-refractivity contribution in [3.05, 3.63) is 30.3 Å². The minimum absolute atomic E-state index is 0.759. The van der Waals surface area contributed by atoms with Crippen LogP contribution in [0.2, 0.25) is 0 Å². The van der Waals surface area contributed by atoms with Crippen molar-refractivity contribution >= 4 is 23.5 Å². The van der Waals surface area contributed by atoms with E-state index in [-0.39, 0.29) is 0 Å². The van der Waals surface area contributed by atoms with E-state index in [2.05, 4.69) is 47.4 Å². The summed E-state index contributed by atoms with van der Waals surface area (Å²) < 4.78 is 0. The van der Waals surface area contributed by atoms with E-state index < -0.39 is 0 Å². The summed E-state index contributed by atoms with van der Waals surface area (Å²) >= 11 is 4.03. The van der Waals surface area contributed by atoms with Gasteiger partial charge in [0.25, 0.3) is 0 Å². The largest absolute Gasteiger partial charge is 0.312 e. The predicted octanol–water partition coefficient (Wildman–Crippen LogP) is 3.26. The third kappa shape index (κ3) is 4.40. The molecule has 3 heteroatoms. The van der Waals surface area contributed by atoms with Gasteiger partial charge in [-0.25, -0.2) is 0 Å². The lowest BCUT2D eigenvalue weighted by atomic mass is 10.2. The van der Waals surface area contributed by atoms with Crippen molar-refractivity contribution in [2.75, 3.05) is 23.8 Å². The van der Waals surface area contributed by atoms with E-state index in [0.717, 1.165) is 12.6 Å². The second-order valence-electron chi connectivity index (χ2n) is 4.03. The van der Waals surface area contributed by atoms with Crippen LogP contribution in [0.1, 0.15) is 12.8 Å². The third-order valence-corrected chi connectivity index (χ3v) is 4.94. The van der Waals surface area contributed by atoms with Crippen LogP contribution in [0.15, 0.2) is 35.2 Å². The fourth-order valence-electron chi connectivity index (χ4n) is 1.85. The molecule has 1 atom stereocenters. The molecule has 0 radical (unpaired) electrons. The van der Waals surface area contributed by atoms with Crippen molar-refractivity contribution in [2.24, 2.45) is 0 Å². The normalized spacial score (nSPS) is 20.9. The van der Waals surface area contributed by atoms with E-state index in [4.69, 9.17) is 0 Å². The zero-order valence-corrected chi connectivity index (χ0v) is 11.2. The second kappa shape index (κ2) is 7.25. The number of benzene rings is 1. The second-order valence-corrected chi connectivity index (χ2v) is 6.35. The van der Waals surface area contributed by atoms with E-state index in [1.807, 2.05) is 11.8 Å². The lowest BCUT2D eigenvalue weighted by Gasteiger charge is -2.22. The van der Waals surface area contributed by atoms with Gasteiger partial charge < -0.3 is 5.32 Å². The smallest absolute Gasteiger partial charge is 0.0158 e. The van der Waals surface area contributed by atoms with Crippen LogP contribution in [0.5, 0.6) is 0 Å². The molecule has 1 N–H and O–H groups in total. The molecule has 0 aromatic heterocycles. The van der Waals surface area contributed by atoms with Gasteiger partial charge >= 0.3 is 0 Å². The van der Waals surface area contributed by atoms with Crippen LogP contribution in [0.3, 0.4) is 0 Å². The van der Waals surface area contributed by atoms with Crippen LogP contribution in [-0.2, 0) is 0 Å². The van der Waals surface area contributed by atoms with Crippen molar-refractivity contribution in [3.8, 4) is 0 Å². The molecule has 0 saturated carbocycles. The average molecular weight is 253 g/mol. The van der Waals surface area contributed by atoms with Crippen molar-refractivity contribution in [1.82, 2.24) is 5.32 Å². The molecule has 1 fully saturated rings. The molecule has 1 aromatic rings. The fraction of sp³-hybridized carbons (Fsp3) is 0.538. The standard InChI is InChI=1S/C13H19NS2/c1-2-6-13(7-3-1)16-10-8-14-12-5-4-9-15-11-12/h1-3,6-7,12,14H,4-5,8-11H2. The number of hydrogen-bond donors (Lipinski definition) is 1. The highest BCUT2D eigenvalue weighted by Gasteiger charge is 2.11. The Labute approximate surface area is 107 Å². The van der Waals surface area contributed by atoms with Crippen molar-refractivity contribution in [1.29, 1.82) is 0 Å². The molecule has 0 amide bonds. The van der Waals surface area contributed by atoms with Gasteiger partial charge in [0.2, 0.25) is 0 Å². The Kier molecular flexibility index (Phi) is 5.59. The first kappa shape index (κ1) is 12.3. The zero-order chi connectivity index (χ0) is 11.1. The first-order valence-corrected chi connectivity index (χ1v) is 8.08. The SMILES string of the molecule is c1ccc(SCCNC2CCCSC2)cc1. The van der Waals surface area contributed by atoms with E-state index in [1.54, 1.807) is 0 Å². The molecule has 1 heterocycles. The lowest BCUT2D eigenvalue weighted by Crippen LogP contribution is -2.35. The maximum Gasteiger partial charge on any atom is 0.0158 e. The summed E-state index contributed by atoms with van der Waals surface area (Å²) in [4.78, 5) is 1.38. The minimum atomic E-state index is 0.759. The van der Waals surface area contributed by atoms with Gasteiger partial charge in [-0.05, 0) is 30.7 Å². The molecule has 0 spiro atoms. The molecule has 0 aliphatic carbocycles. The number of hydrogen-bond acceptors (Lipinski definition) is 3. The highest BCUT2D eigenvalue weighted by molar-refractivity contribution is 7.99. The van der Waals surface area contributed by atoms with Crippen LogP contribution < -0.4 is 5.32 Å². The highest BCUT2D eigenvalue weighted by Crippen LogP contribution is 2.18. The van der Waals surface area contributed by atoms with Gasteiger partial charge in [-0.15, -0.1) is 11.8 Å². The van der Waals surface area contributed by atoms with Crippen LogP contribution in [0.25, 0.3) is 0 Å². The molecule has 0 bridgehead atoms. The van der Waals surface area contributed by atoms with Gasteiger partial charge in [-0.3, -0.25) is 0 Å². The average Bonchev–Trinajstić information content (AvgIpc) is 2.37. The van der Waals surface area contributed by atoms with E-state index >= 15 is 0 Å². The van der Waals surface area contributed by atoms with E-state index in [9.17, 15) is 0 Å². The number of nitrogens with one attached hydrogen (secondary N) is 1. The summed E-state index contributed by atoms with van der Waals surface area (Å²) in [5.41, 5.74) is 0. The fourth-order valence-corrected chi connectivity index (χ4v) is 3.76.